The quantitative estimate of drug-likeness (QED) is 0.451. The topological polar surface area (TPSA) is 107 Å². The second-order valence-corrected chi connectivity index (χ2v) is 6.72. The molecule has 0 saturated carbocycles. The first-order valence-electron chi connectivity index (χ1n) is 6.94. The molecule has 25 heavy (non-hydrogen) atoms. The summed E-state index contributed by atoms with van der Waals surface area (Å²) in [6.07, 6.45) is -1.67. The van der Waals surface area contributed by atoms with Gasteiger partial charge >= 0.3 is 12.1 Å². The first-order chi connectivity index (χ1) is 11.6. The fraction of sp³-hybridized carbons (Fsp3) is 0.308. The Morgan fingerprint density at radius 3 is 2.44 bits per heavy atom. The number of benzene rings is 1. The van der Waals surface area contributed by atoms with Crippen LogP contribution in [0, 0.1) is 10.1 Å². The number of rotatable bonds is 7. The summed E-state index contributed by atoms with van der Waals surface area (Å²) in [5, 5.41) is 10.7. The molecular weight excluding hydrogens is 365 g/mol. The average molecular weight is 378 g/mol. The van der Waals surface area contributed by atoms with Gasteiger partial charge in [0, 0.05) is 6.54 Å². The molecule has 0 radical (unpaired) electrons. The highest BCUT2D eigenvalue weighted by Gasteiger charge is 2.30. The third-order valence-electron chi connectivity index (χ3n) is 3.22. The number of hydrogen-bond acceptors (Lipinski definition) is 5. The average Bonchev–Trinajstić information content (AvgIpc) is 2.99. The monoisotopic (exact) mass is 378 g/mol. The zero-order valence-corrected chi connectivity index (χ0v) is 13.4. The number of hydrogen-bond donors (Lipinski definition) is 1. The summed E-state index contributed by atoms with van der Waals surface area (Å²) < 4.78 is 64.9. The van der Waals surface area contributed by atoms with Crippen LogP contribution in [0.1, 0.15) is 12.0 Å². The van der Waals surface area contributed by atoms with E-state index in [-0.39, 0.29) is 30.4 Å². The van der Waals surface area contributed by atoms with Crippen LogP contribution in [0.15, 0.2) is 41.6 Å². The van der Waals surface area contributed by atoms with Gasteiger partial charge in [0.05, 0.1) is 17.0 Å². The Labute approximate surface area is 140 Å². The minimum Gasteiger partial charge on any atom is -0.390 e. The van der Waals surface area contributed by atoms with Crippen LogP contribution in [0.4, 0.5) is 19.1 Å². The van der Waals surface area contributed by atoms with Gasteiger partial charge in [-0.2, -0.15) is 13.2 Å². The van der Waals surface area contributed by atoms with Crippen LogP contribution in [-0.4, -0.2) is 29.4 Å². The summed E-state index contributed by atoms with van der Waals surface area (Å²) in [6.45, 7) is 0.116. The summed E-state index contributed by atoms with van der Waals surface area (Å²) in [7, 11) is -3.97. The molecule has 1 heterocycles. The fourth-order valence-electron chi connectivity index (χ4n) is 2.01. The first kappa shape index (κ1) is 18.9. The standard InChI is InChI=1S/C13H13F3N4O4S/c14-13(15,16)10-2-4-11(5-3-10)25(23,24)18-6-1-8-19-9-7-17-12(19)20(21)22/h2-5,7,9,18H,1,6,8H2. The predicted molar refractivity (Wildman–Crippen MR) is 80.1 cm³/mol. The molecule has 0 aliphatic rings. The number of alkyl halides is 3. The Hall–Kier alpha value is -2.47. The maximum absolute atomic E-state index is 12.5. The van der Waals surface area contributed by atoms with E-state index >= 15 is 0 Å². The zero-order chi connectivity index (χ0) is 18.7. The van der Waals surface area contributed by atoms with E-state index in [0.29, 0.717) is 12.1 Å². The third kappa shape index (κ3) is 4.76. The number of nitrogens with zero attached hydrogens (tertiary/aromatic N) is 3. The van der Waals surface area contributed by atoms with Crippen molar-refractivity contribution >= 4 is 16.0 Å². The van der Waals surface area contributed by atoms with Crippen molar-refractivity contribution in [1.82, 2.24) is 14.3 Å². The van der Waals surface area contributed by atoms with Gasteiger partial charge in [0.15, 0.2) is 0 Å². The van der Waals surface area contributed by atoms with Crippen LogP contribution in [-0.2, 0) is 22.7 Å². The molecule has 8 nitrogen and oxygen atoms in total. The normalized spacial score (nSPS) is 12.3. The van der Waals surface area contributed by atoms with Gasteiger partial charge in [0.25, 0.3) is 0 Å². The van der Waals surface area contributed by atoms with Gasteiger partial charge in [-0.1, -0.05) is 4.98 Å². The van der Waals surface area contributed by atoms with Crippen LogP contribution in [0.5, 0.6) is 0 Å². The summed E-state index contributed by atoms with van der Waals surface area (Å²) in [6, 6.07) is 3.10. The molecule has 0 aliphatic carbocycles. The first-order valence-corrected chi connectivity index (χ1v) is 8.42. The number of aryl methyl sites for hydroxylation is 1. The van der Waals surface area contributed by atoms with Crippen LogP contribution >= 0.6 is 0 Å². The Morgan fingerprint density at radius 2 is 1.88 bits per heavy atom. The largest absolute Gasteiger partial charge is 0.434 e. The highest BCUT2D eigenvalue weighted by Crippen LogP contribution is 2.29. The summed E-state index contributed by atoms with van der Waals surface area (Å²) in [5.74, 6) is -0.356. The zero-order valence-electron chi connectivity index (χ0n) is 12.6. The molecule has 0 fully saturated rings. The van der Waals surface area contributed by atoms with Crippen molar-refractivity contribution in [3.8, 4) is 0 Å². The number of halogens is 3. The molecule has 2 rings (SSSR count). The smallest absolute Gasteiger partial charge is 0.390 e. The molecule has 0 bridgehead atoms. The van der Waals surface area contributed by atoms with Crippen molar-refractivity contribution in [1.29, 1.82) is 0 Å². The Morgan fingerprint density at radius 1 is 1.24 bits per heavy atom. The van der Waals surface area contributed by atoms with Crippen molar-refractivity contribution in [2.45, 2.75) is 24.0 Å². The minimum atomic E-state index is -4.55. The van der Waals surface area contributed by atoms with Gasteiger partial charge < -0.3 is 10.1 Å². The Kier molecular flexibility index (Phi) is 5.42. The molecule has 1 aromatic carbocycles. The number of nitrogens with one attached hydrogen (secondary N) is 1. The van der Waals surface area contributed by atoms with E-state index in [1.54, 1.807) is 0 Å². The van der Waals surface area contributed by atoms with E-state index in [1.807, 2.05) is 0 Å². The molecule has 12 heteroatoms. The molecular formula is C13H13F3N4O4S. The lowest BCUT2D eigenvalue weighted by Crippen LogP contribution is -2.25. The van der Waals surface area contributed by atoms with Gasteiger partial charge in [-0.15, -0.1) is 0 Å². The van der Waals surface area contributed by atoms with E-state index in [2.05, 4.69) is 9.71 Å². The van der Waals surface area contributed by atoms with E-state index in [9.17, 15) is 31.7 Å². The van der Waals surface area contributed by atoms with E-state index in [1.165, 1.54) is 17.0 Å². The van der Waals surface area contributed by atoms with Crippen molar-refractivity contribution in [2.24, 2.45) is 0 Å². The molecule has 0 spiro atoms. The Bertz CT molecular complexity index is 847. The number of imidazole rings is 1. The SMILES string of the molecule is O=[N+]([O-])c1nccn1CCCNS(=O)(=O)c1ccc(C(F)(F)F)cc1. The van der Waals surface area contributed by atoms with Crippen molar-refractivity contribution in [3.05, 3.63) is 52.3 Å². The second kappa shape index (κ2) is 7.19. The molecule has 0 amide bonds. The second-order valence-electron chi connectivity index (χ2n) is 4.95. The van der Waals surface area contributed by atoms with Crippen LogP contribution in [0.2, 0.25) is 0 Å². The van der Waals surface area contributed by atoms with Crippen molar-refractivity contribution < 1.29 is 26.5 Å². The van der Waals surface area contributed by atoms with Gasteiger partial charge in [0.1, 0.15) is 12.4 Å². The number of sulfonamides is 1. The van der Waals surface area contributed by atoms with Crippen LogP contribution < -0.4 is 4.72 Å². The molecule has 1 N–H and O–H groups in total. The highest BCUT2D eigenvalue weighted by atomic mass is 32.2. The van der Waals surface area contributed by atoms with Gasteiger partial charge in [-0.3, -0.25) is 0 Å². The maximum atomic E-state index is 12.5. The molecule has 1 aromatic heterocycles. The van der Waals surface area contributed by atoms with Gasteiger partial charge in [-0.05, 0) is 35.6 Å². The molecule has 0 aliphatic heterocycles. The van der Waals surface area contributed by atoms with Crippen molar-refractivity contribution in [3.63, 3.8) is 0 Å². The van der Waals surface area contributed by atoms with Crippen LogP contribution in [0.3, 0.4) is 0 Å². The fourth-order valence-corrected chi connectivity index (χ4v) is 3.08. The summed E-state index contributed by atoms with van der Waals surface area (Å²) in [5.41, 5.74) is -0.945. The van der Waals surface area contributed by atoms with E-state index in [4.69, 9.17) is 0 Å². The molecule has 136 valence electrons. The highest BCUT2D eigenvalue weighted by molar-refractivity contribution is 7.89. The van der Waals surface area contributed by atoms with Gasteiger partial charge in [0.2, 0.25) is 10.0 Å². The summed E-state index contributed by atoms with van der Waals surface area (Å²) >= 11 is 0. The predicted octanol–water partition coefficient (Wildman–Crippen LogP) is 2.18. The lowest BCUT2D eigenvalue weighted by atomic mass is 10.2. The molecule has 0 saturated heterocycles. The third-order valence-corrected chi connectivity index (χ3v) is 4.69. The van der Waals surface area contributed by atoms with Crippen LogP contribution in [0.25, 0.3) is 0 Å². The minimum absolute atomic E-state index is 0.0430. The van der Waals surface area contributed by atoms with E-state index < -0.39 is 26.7 Å². The lowest BCUT2D eigenvalue weighted by Gasteiger charge is -2.09. The Balaban J connectivity index is 1.93. The van der Waals surface area contributed by atoms with Gasteiger partial charge in [-0.25, -0.2) is 17.7 Å². The molecule has 2 aromatic rings. The number of nitro groups is 1. The maximum Gasteiger partial charge on any atom is 0.434 e. The number of aromatic nitrogens is 2. The lowest BCUT2D eigenvalue weighted by molar-refractivity contribution is -0.396. The summed E-state index contributed by atoms with van der Waals surface area (Å²) in [4.78, 5) is 13.3. The molecule has 0 atom stereocenters. The molecule has 0 unspecified atom stereocenters. The van der Waals surface area contributed by atoms with E-state index in [0.717, 1.165) is 12.1 Å². The van der Waals surface area contributed by atoms with Crippen molar-refractivity contribution in [2.75, 3.05) is 6.54 Å².